The number of hydrogen-bond acceptors (Lipinski definition) is 4. The van der Waals surface area contributed by atoms with Crippen LogP contribution in [-0.4, -0.2) is 37.4 Å². The number of thiophene rings is 1. The lowest BCUT2D eigenvalue weighted by Gasteiger charge is -2.25. The van der Waals surface area contributed by atoms with Crippen molar-refractivity contribution < 1.29 is 18.3 Å². The van der Waals surface area contributed by atoms with Gasteiger partial charge in [-0.05, 0) is 16.9 Å². The lowest BCUT2D eigenvalue weighted by molar-refractivity contribution is 0.0698. The molecule has 0 aliphatic rings. The van der Waals surface area contributed by atoms with Crippen molar-refractivity contribution in [2.75, 3.05) is 13.6 Å². The highest BCUT2D eigenvalue weighted by atomic mass is 32.2. The molecule has 0 spiro atoms. The van der Waals surface area contributed by atoms with Gasteiger partial charge in [0.05, 0.1) is 0 Å². The van der Waals surface area contributed by atoms with Crippen molar-refractivity contribution in [3.05, 3.63) is 16.3 Å². The Hall–Kier alpha value is -0.920. The Bertz CT molecular complexity index is 540. The quantitative estimate of drug-likeness (QED) is 0.922. The normalized spacial score (nSPS) is 12.9. The summed E-state index contributed by atoms with van der Waals surface area (Å²) in [5.41, 5.74) is -0.193. The highest BCUT2D eigenvalue weighted by molar-refractivity contribution is 7.89. The largest absolute Gasteiger partial charge is 0.477 e. The molecule has 0 aliphatic heterocycles. The van der Waals surface area contributed by atoms with Crippen LogP contribution in [0.4, 0.5) is 0 Å². The van der Waals surface area contributed by atoms with Crippen molar-refractivity contribution in [1.82, 2.24) is 4.31 Å². The van der Waals surface area contributed by atoms with E-state index < -0.39 is 16.0 Å². The lowest BCUT2D eigenvalue weighted by Crippen LogP contribution is -2.34. The van der Waals surface area contributed by atoms with E-state index in [-0.39, 0.29) is 15.2 Å². The van der Waals surface area contributed by atoms with Crippen LogP contribution >= 0.6 is 11.3 Å². The average Bonchev–Trinajstić information content (AvgIpc) is 2.63. The van der Waals surface area contributed by atoms with E-state index >= 15 is 0 Å². The zero-order valence-electron chi connectivity index (χ0n) is 10.8. The molecule has 1 N–H and O–H groups in total. The van der Waals surface area contributed by atoms with E-state index in [9.17, 15) is 13.2 Å². The van der Waals surface area contributed by atoms with E-state index in [0.29, 0.717) is 6.54 Å². The number of aromatic carboxylic acids is 1. The van der Waals surface area contributed by atoms with Crippen LogP contribution in [-0.2, 0) is 10.0 Å². The lowest BCUT2D eigenvalue weighted by atomic mass is 9.97. The second-order valence-corrected chi connectivity index (χ2v) is 8.17. The molecule has 0 aromatic carbocycles. The summed E-state index contributed by atoms with van der Waals surface area (Å²) in [6.07, 6.45) is 0. The van der Waals surface area contributed by atoms with Gasteiger partial charge in [0.15, 0.2) is 0 Å². The number of carbonyl (C=O) groups is 1. The van der Waals surface area contributed by atoms with Gasteiger partial charge in [0.25, 0.3) is 0 Å². The minimum absolute atomic E-state index is 0.133. The molecule has 1 rings (SSSR count). The summed E-state index contributed by atoms with van der Waals surface area (Å²) >= 11 is 0.915. The molecule has 0 saturated carbocycles. The van der Waals surface area contributed by atoms with E-state index in [1.165, 1.54) is 22.8 Å². The Morgan fingerprint density at radius 2 is 2.00 bits per heavy atom. The van der Waals surface area contributed by atoms with Gasteiger partial charge in [-0.2, -0.15) is 0 Å². The molecular formula is C11H17NO4S2. The molecule has 5 nitrogen and oxygen atoms in total. The molecule has 102 valence electrons. The molecule has 0 unspecified atom stereocenters. The van der Waals surface area contributed by atoms with Gasteiger partial charge in [-0.3, -0.25) is 0 Å². The van der Waals surface area contributed by atoms with E-state index in [0.717, 1.165) is 11.3 Å². The first-order valence-electron chi connectivity index (χ1n) is 5.33. The molecule has 0 radical (unpaired) electrons. The van der Waals surface area contributed by atoms with Gasteiger partial charge in [-0.15, -0.1) is 11.3 Å². The van der Waals surface area contributed by atoms with Crippen molar-refractivity contribution in [3.63, 3.8) is 0 Å². The van der Waals surface area contributed by atoms with Crippen LogP contribution in [0.1, 0.15) is 30.4 Å². The zero-order chi connectivity index (χ0) is 14.1. The predicted octanol–water partition coefficient (Wildman–Crippen LogP) is 2.11. The number of carboxylic acids is 1. The maximum absolute atomic E-state index is 12.3. The van der Waals surface area contributed by atoms with Gasteiger partial charge >= 0.3 is 5.97 Å². The van der Waals surface area contributed by atoms with Gasteiger partial charge in [0, 0.05) is 13.6 Å². The highest BCUT2D eigenvalue weighted by Gasteiger charge is 2.30. The summed E-state index contributed by atoms with van der Waals surface area (Å²) in [6.45, 7) is 6.09. The maximum atomic E-state index is 12.3. The molecular weight excluding hydrogens is 274 g/mol. The van der Waals surface area contributed by atoms with Crippen molar-refractivity contribution in [2.24, 2.45) is 5.41 Å². The highest BCUT2D eigenvalue weighted by Crippen LogP contribution is 2.26. The molecule has 0 amide bonds. The molecule has 0 bridgehead atoms. The second-order valence-electron chi connectivity index (χ2n) is 5.24. The number of hydrogen-bond donors (Lipinski definition) is 1. The molecule has 0 aliphatic carbocycles. The van der Waals surface area contributed by atoms with Crippen molar-refractivity contribution in [2.45, 2.75) is 25.7 Å². The monoisotopic (exact) mass is 291 g/mol. The smallest absolute Gasteiger partial charge is 0.347 e. The van der Waals surface area contributed by atoms with Crippen LogP contribution in [0, 0.1) is 5.41 Å². The minimum atomic E-state index is -3.74. The first kappa shape index (κ1) is 15.1. The van der Waals surface area contributed by atoms with Gasteiger partial charge in [0.2, 0.25) is 10.0 Å². The standard InChI is InChI=1S/C11H17NO4S2/c1-11(2,3)7-12(4)18(15,16)8-5-6-17-9(8)10(13)14/h5-6H,7H2,1-4H3,(H,13,14). The second kappa shape index (κ2) is 4.99. The van der Waals surface area contributed by atoms with Gasteiger partial charge in [-0.1, -0.05) is 20.8 Å². The number of nitrogens with zero attached hydrogens (tertiary/aromatic N) is 1. The van der Waals surface area contributed by atoms with E-state index in [1.54, 1.807) is 0 Å². The van der Waals surface area contributed by atoms with Crippen molar-refractivity contribution >= 4 is 27.3 Å². The van der Waals surface area contributed by atoms with Gasteiger partial charge < -0.3 is 5.11 Å². The van der Waals surface area contributed by atoms with Crippen LogP contribution in [0.3, 0.4) is 0 Å². The molecule has 18 heavy (non-hydrogen) atoms. The summed E-state index contributed by atoms with van der Waals surface area (Å²) in [5, 5.41) is 10.4. The van der Waals surface area contributed by atoms with E-state index in [2.05, 4.69) is 0 Å². The van der Waals surface area contributed by atoms with Gasteiger partial charge in [0.1, 0.15) is 9.77 Å². The summed E-state index contributed by atoms with van der Waals surface area (Å²) in [7, 11) is -2.28. The summed E-state index contributed by atoms with van der Waals surface area (Å²) in [5.74, 6) is -1.22. The predicted molar refractivity (Wildman–Crippen MR) is 70.5 cm³/mol. The van der Waals surface area contributed by atoms with Gasteiger partial charge in [-0.25, -0.2) is 17.5 Å². The maximum Gasteiger partial charge on any atom is 0.347 e. The number of carboxylic acid groups (broad SMARTS) is 1. The first-order valence-corrected chi connectivity index (χ1v) is 7.65. The molecule has 0 atom stereocenters. The van der Waals surface area contributed by atoms with Crippen LogP contribution in [0.25, 0.3) is 0 Å². The zero-order valence-corrected chi connectivity index (χ0v) is 12.4. The van der Waals surface area contributed by atoms with E-state index in [4.69, 9.17) is 5.11 Å². The molecule has 1 aromatic heterocycles. The Labute approximate surface area is 111 Å². The topological polar surface area (TPSA) is 74.7 Å². The third kappa shape index (κ3) is 3.30. The summed E-state index contributed by atoms with van der Waals surface area (Å²) in [4.78, 5) is 10.7. The molecule has 1 heterocycles. The fraction of sp³-hybridized carbons (Fsp3) is 0.545. The third-order valence-electron chi connectivity index (χ3n) is 2.21. The third-order valence-corrected chi connectivity index (χ3v) is 5.09. The molecule has 0 saturated heterocycles. The Kier molecular flexibility index (Phi) is 4.19. The SMILES string of the molecule is CN(CC(C)(C)C)S(=O)(=O)c1ccsc1C(=O)O. The first-order chi connectivity index (χ1) is 8.05. The summed E-state index contributed by atoms with van der Waals surface area (Å²) in [6, 6.07) is 1.34. The van der Waals surface area contributed by atoms with E-state index in [1.807, 2.05) is 20.8 Å². The minimum Gasteiger partial charge on any atom is -0.477 e. The average molecular weight is 291 g/mol. The Morgan fingerprint density at radius 1 is 1.44 bits per heavy atom. The molecule has 1 aromatic rings. The summed E-state index contributed by atoms with van der Waals surface area (Å²) < 4.78 is 25.7. The Balaban J connectivity index is 3.14. The van der Waals surface area contributed by atoms with Crippen molar-refractivity contribution in [3.8, 4) is 0 Å². The number of rotatable bonds is 4. The fourth-order valence-corrected chi connectivity index (χ4v) is 4.20. The molecule has 0 fully saturated rings. The fourth-order valence-electron chi connectivity index (χ4n) is 1.58. The van der Waals surface area contributed by atoms with Crippen LogP contribution in [0.2, 0.25) is 0 Å². The van der Waals surface area contributed by atoms with Crippen LogP contribution < -0.4 is 0 Å². The number of sulfonamides is 1. The Morgan fingerprint density at radius 3 is 2.44 bits per heavy atom. The van der Waals surface area contributed by atoms with Crippen LogP contribution in [0.5, 0.6) is 0 Å². The van der Waals surface area contributed by atoms with Crippen molar-refractivity contribution in [1.29, 1.82) is 0 Å². The molecule has 7 heteroatoms. The van der Waals surface area contributed by atoms with Crippen LogP contribution in [0.15, 0.2) is 16.3 Å².